The number of rotatable bonds is 3. The van der Waals surface area contributed by atoms with Crippen molar-refractivity contribution in [3.63, 3.8) is 0 Å². The van der Waals surface area contributed by atoms with Gasteiger partial charge in [0.2, 0.25) is 0 Å². The first-order valence-electron chi connectivity index (χ1n) is 11.1. The van der Waals surface area contributed by atoms with Crippen LogP contribution >= 0.6 is 0 Å². The zero-order valence-corrected chi connectivity index (χ0v) is 19.0. The van der Waals surface area contributed by atoms with Gasteiger partial charge in [0, 0.05) is 28.6 Å². The van der Waals surface area contributed by atoms with E-state index in [4.69, 9.17) is 4.74 Å². The van der Waals surface area contributed by atoms with Crippen LogP contribution < -0.4 is 0 Å². The fraction of sp³-hybridized carbons (Fsp3) is 0.214. The largest absolute Gasteiger partial charge is 0.467 e. The Morgan fingerprint density at radius 2 is 1.64 bits per heavy atom. The standard InChI is InChI=1S/C28H26N2O3/c1-17-12-14-19(15-13-17)26-25-22(21-10-6-7-11-23(21)29-25)16-24(28(32)33-3)30(26)27(31)20-9-5-4-8-18(20)2/h4-15,24,26,29H,16H2,1-3H3. The number of amides is 1. The molecule has 0 saturated carbocycles. The number of benzene rings is 3. The molecule has 5 heteroatoms. The van der Waals surface area contributed by atoms with Gasteiger partial charge < -0.3 is 14.6 Å². The van der Waals surface area contributed by atoms with Gasteiger partial charge in [-0.2, -0.15) is 0 Å². The maximum absolute atomic E-state index is 14.0. The molecule has 0 radical (unpaired) electrons. The molecule has 1 aliphatic heterocycles. The number of ether oxygens (including phenoxy) is 1. The molecule has 5 rings (SSSR count). The molecular formula is C28H26N2O3. The molecule has 33 heavy (non-hydrogen) atoms. The number of aromatic nitrogens is 1. The number of carbonyl (C=O) groups is 2. The van der Waals surface area contributed by atoms with Crippen molar-refractivity contribution in [2.75, 3.05) is 7.11 Å². The Hall–Kier alpha value is -3.86. The molecule has 3 aromatic carbocycles. The maximum atomic E-state index is 14.0. The van der Waals surface area contributed by atoms with E-state index >= 15 is 0 Å². The molecule has 0 aliphatic carbocycles. The third-order valence-electron chi connectivity index (χ3n) is 6.61. The predicted octanol–water partition coefficient (Wildman–Crippen LogP) is 5.11. The number of nitrogens with one attached hydrogen (secondary N) is 1. The smallest absolute Gasteiger partial charge is 0.328 e. The molecule has 1 aromatic heterocycles. The molecule has 0 saturated heterocycles. The summed E-state index contributed by atoms with van der Waals surface area (Å²) in [6.07, 6.45) is 0.395. The van der Waals surface area contributed by atoms with Crippen molar-refractivity contribution < 1.29 is 14.3 Å². The van der Waals surface area contributed by atoms with Gasteiger partial charge in [-0.25, -0.2) is 4.79 Å². The van der Waals surface area contributed by atoms with E-state index in [0.29, 0.717) is 12.0 Å². The topological polar surface area (TPSA) is 62.4 Å². The zero-order valence-electron chi connectivity index (χ0n) is 19.0. The van der Waals surface area contributed by atoms with E-state index in [2.05, 4.69) is 11.1 Å². The summed E-state index contributed by atoms with van der Waals surface area (Å²) in [5, 5.41) is 1.07. The van der Waals surface area contributed by atoms with Crippen LogP contribution in [0.5, 0.6) is 0 Å². The number of para-hydroxylation sites is 1. The number of fused-ring (bicyclic) bond motifs is 3. The lowest BCUT2D eigenvalue weighted by Crippen LogP contribution is -2.52. The van der Waals surface area contributed by atoms with Gasteiger partial charge in [0.25, 0.3) is 5.91 Å². The molecule has 0 bridgehead atoms. The van der Waals surface area contributed by atoms with Crippen LogP contribution in [0.3, 0.4) is 0 Å². The van der Waals surface area contributed by atoms with E-state index < -0.39 is 18.1 Å². The Kier molecular flexibility index (Phi) is 5.25. The molecule has 2 heterocycles. The van der Waals surface area contributed by atoms with E-state index in [1.54, 1.807) is 4.90 Å². The molecule has 1 amide bonds. The second kappa shape index (κ2) is 8.24. The summed E-state index contributed by atoms with van der Waals surface area (Å²) in [6, 6.07) is 22.5. The Balaban J connectivity index is 1.77. The van der Waals surface area contributed by atoms with Gasteiger partial charge in [0.05, 0.1) is 13.2 Å². The third kappa shape index (κ3) is 3.50. The van der Waals surface area contributed by atoms with Crippen molar-refractivity contribution in [1.82, 2.24) is 9.88 Å². The van der Waals surface area contributed by atoms with Gasteiger partial charge in [0.15, 0.2) is 0 Å². The number of hydrogen-bond acceptors (Lipinski definition) is 3. The number of aromatic amines is 1. The van der Waals surface area contributed by atoms with Crippen LogP contribution in [0.2, 0.25) is 0 Å². The number of methoxy groups -OCH3 is 1. The number of H-pyrrole nitrogens is 1. The number of esters is 1. The lowest BCUT2D eigenvalue weighted by molar-refractivity contribution is -0.147. The lowest BCUT2D eigenvalue weighted by atomic mass is 9.87. The quantitative estimate of drug-likeness (QED) is 0.452. The highest BCUT2D eigenvalue weighted by atomic mass is 16.5. The van der Waals surface area contributed by atoms with Gasteiger partial charge >= 0.3 is 5.97 Å². The fourth-order valence-corrected chi connectivity index (χ4v) is 4.90. The summed E-state index contributed by atoms with van der Waals surface area (Å²) in [4.78, 5) is 32.4. The minimum absolute atomic E-state index is 0.182. The minimum atomic E-state index is -0.736. The first kappa shape index (κ1) is 21.0. The SMILES string of the molecule is COC(=O)C1Cc2c([nH]c3ccccc23)C(c2ccc(C)cc2)N1C(=O)c1ccccc1C. The second-order valence-corrected chi connectivity index (χ2v) is 8.65. The molecule has 2 unspecified atom stereocenters. The van der Waals surface area contributed by atoms with Gasteiger partial charge in [0.1, 0.15) is 6.04 Å². The molecule has 0 fully saturated rings. The van der Waals surface area contributed by atoms with Crippen molar-refractivity contribution in [3.8, 4) is 0 Å². The third-order valence-corrected chi connectivity index (χ3v) is 6.61. The van der Waals surface area contributed by atoms with Crippen LogP contribution in [-0.4, -0.2) is 34.9 Å². The van der Waals surface area contributed by atoms with Crippen molar-refractivity contribution in [1.29, 1.82) is 0 Å². The summed E-state index contributed by atoms with van der Waals surface area (Å²) in [5.41, 5.74) is 6.53. The molecule has 166 valence electrons. The van der Waals surface area contributed by atoms with Gasteiger partial charge in [-0.15, -0.1) is 0 Å². The van der Waals surface area contributed by atoms with Crippen LogP contribution in [0, 0.1) is 13.8 Å². The Labute approximate surface area is 193 Å². The normalized spacial score (nSPS) is 17.6. The van der Waals surface area contributed by atoms with Crippen molar-refractivity contribution in [2.45, 2.75) is 32.4 Å². The average Bonchev–Trinajstić information content (AvgIpc) is 3.21. The highest BCUT2D eigenvalue weighted by Crippen LogP contribution is 2.42. The first-order chi connectivity index (χ1) is 16.0. The van der Waals surface area contributed by atoms with Crippen molar-refractivity contribution in [2.24, 2.45) is 0 Å². The van der Waals surface area contributed by atoms with Crippen LogP contribution in [-0.2, 0) is 16.0 Å². The first-order valence-corrected chi connectivity index (χ1v) is 11.1. The van der Waals surface area contributed by atoms with Gasteiger partial charge in [-0.1, -0.05) is 66.2 Å². The van der Waals surface area contributed by atoms with E-state index in [1.807, 2.05) is 80.6 Å². The van der Waals surface area contributed by atoms with Gasteiger partial charge in [-0.05, 0) is 42.7 Å². The highest BCUT2D eigenvalue weighted by molar-refractivity contribution is 5.99. The van der Waals surface area contributed by atoms with Crippen molar-refractivity contribution in [3.05, 3.63) is 106 Å². The molecule has 4 aromatic rings. The van der Waals surface area contributed by atoms with E-state index in [-0.39, 0.29) is 5.91 Å². The van der Waals surface area contributed by atoms with E-state index in [0.717, 1.165) is 38.9 Å². The lowest BCUT2D eigenvalue weighted by Gasteiger charge is -2.41. The Morgan fingerprint density at radius 3 is 2.36 bits per heavy atom. The predicted molar refractivity (Wildman–Crippen MR) is 128 cm³/mol. The molecular weight excluding hydrogens is 412 g/mol. The Morgan fingerprint density at radius 1 is 0.939 bits per heavy atom. The molecule has 0 spiro atoms. The number of aryl methyl sites for hydroxylation is 2. The summed E-state index contributed by atoms with van der Waals surface area (Å²) in [6.45, 7) is 3.95. The summed E-state index contributed by atoms with van der Waals surface area (Å²) in [5.74, 6) is -0.594. The molecule has 2 atom stereocenters. The van der Waals surface area contributed by atoms with Crippen LogP contribution in [0.25, 0.3) is 10.9 Å². The zero-order chi connectivity index (χ0) is 23.1. The minimum Gasteiger partial charge on any atom is -0.467 e. The van der Waals surface area contributed by atoms with Crippen LogP contribution in [0.4, 0.5) is 0 Å². The molecule has 1 aliphatic rings. The number of nitrogens with zero attached hydrogens (tertiary/aromatic N) is 1. The molecule has 5 nitrogen and oxygen atoms in total. The second-order valence-electron chi connectivity index (χ2n) is 8.65. The molecule has 1 N–H and O–H groups in total. The van der Waals surface area contributed by atoms with Crippen LogP contribution in [0.15, 0.2) is 72.8 Å². The monoisotopic (exact) mass is 438 g/mol. The Bertz CT molecular complexity index is 1350. The average molecular weight is 439 g/mol. The van der Waals surface area contributed by atoms with Crippen molar-refractivity contribution >= 4 is 22.8 Å². The number of hydrogen-bond donors (Lipinski definition) is 1. The summed E-state index contributed by atoms with van der Waals surface area (Å²) < 4.78 is 5.20. The summed E-state index contributed by atoms with van der Waals surface area (Å²) in [7, 11) is 1.38. The fourth-order valence-electron chi connectivity index (χ4n) is 4.90. The highest BCUT2D eigenvalue weighted by Gasteiger charge is 2.44. The van der Waals surface area contributed by atoms with Crippen LogP contribution in [0.1, 0.15) is 44.3 Å². The van der Waals surface area contributed by atoms with E-state index in [1.165, 1.54) is 7.11 Å². The van der Waals surface area contributed by atoms with Gasteiger partial charge in [-0.3, -0.25) is 4.79 Å². The summed E-state index contributed by atoms with van der Waals surface area (Å²) >= 11 is 0. The number of carbonyl (C=O) groups excluding carboxylic acids is 2. The maximum Gasteiger partial charge on any atom is 0.328 e. The van der Waals surface area contributed by atoms with E-state index in [9.17, 15) is 9.59 Å².